The maximum absolute atomic E-state index is 4.95. The average molecular weight is 943 g/mol. The SMILES string of the molecule is CC(C)(Cc1cc(CCc2cnc(-c3[c-]cccc3)cc2-c2ccccc2)cc(CC(C)(C)c2ccc(-c3[c-]cccc3)nc2)c1)c1ccc(-c2[c-]cccc2)nc1.[Ir+3]. The first-order valence-electron chi connectivity index (χ1n) is 20.2. The van der Waals surface area contributed by atoms with E-state index in [0.29, 0.717) is 0 Å². The van der Waals surface area contributed by atoms with Crippen LogP contribution in [-0.2, 0) is 56.6 Å². The van der Waals surface area contributed by atoms with Crippen LogP contribution in [0.15, 0.2) is 170 Å². The van der Waals surface area contributed by atoms with E-state index in [4.69, 9.17) is 15.0 Å². The molecule has 0 bridgehead atoms. The van der Waals surface area contributed by atoms with Gasteiger partial charge in [-0.3, -0.25) is 0 Å². The van der Waals surface area contributed by atoms with Gasteiger partial charge in [0.15, 0.2) is 0 Å². The Labute approximate surface area is 364 Å². The Kier molecular flexibility index (Phi) is 12.9. The van der Waals surface area contributed by atoms with Gasteiger partial charge in [0.05, 0.1) is 0 Å². The molecule has 59 heavy (non-hydrogen) atoms. The van der Waals surface area contributed by atoms with Crippen molar-refractivity contribution in [2.45, 2.75) is 64.2 Å². The fourth-order valence-electron chi connectivity index (χ4n) is 7.97. The number of nitrogens with zero attached hydrogens (tertiary/aromatic N) is 3. The smallest absolute Gasteiger partial charge is 0.304 e. The molecule has 0 saturated heterocycles. The van der Waals surface area contributed by atoms with Crippen molar-refractivity contribution < 1.29 is 20.1 Å². The first-order chi connectivity index (χ1) is 28.2. The third kappa shape index (κ3) is 10.1. The number of aromatic nitrogens is 3. The van der Waals surface area contributed by atoms with Crippen LogP contribution in [0.25, 0.3) is 44.9 Å². The Bertz CT molecular complexity index is 2450. The van der Waals surface area contributed by atoms with Gasteiger partial charge in [-0.15, -0.1) is 108 Å². The molecule has 3 aromatic heterocycles. The zero-order chi connectivity index (χ0) is 40.0. The van der Waals surface area contributed by atoms with Crippen LogP contribution in [0.4, 0.5) is 0 Å². The summed E-state index contributed by atoms with van der Waals surface area (Å²) in [5.74, 6) is 0. The van der Waals surface area contributed by atoms with Crippen LogP contribution in [0.5, 0.6) is 0 Å². The van der Waals surface area contributed by atoms with Crippen LogP contribution < -0.4 is 0 Å². The summed E-state index contributed by atoms with van der Waals surface area (Å²) in [5.41, 5.74) is 15.6. The van der Waals surface area contributed by atoms with Gasteiger partial charge in [-0.1, -0.05) is 107 Å². The van der Waals surface area contributed by atoms with Gasteiger partial charge in [-0.05, 0) is 98.1 Å². The molecule has 0 aliphatic rings. The third-order valence-electron chi connectivity index (χ3n) is 11.2. The summed E-state index contributed by atoms with van der Waals surface area (Å²) >= 11 is 0. The molecule has 0 spiro atoms. The molecule has 0 unspecified atom stereocenters. The summed E-state index contributed by atoms with van der Waals surface area (Å²) in [4.78, 5) is 14.7. The molecule has 0 fully saturated rings. The molecule has 8 aromatic rings. The van der Waals surface area contributed by atoms with Gasteiger partial charge in [-0.25, -0.2) is 0 Å². The number of benzene rings is 5. The first kappa shape index (κ1) is 41.4. The first-order valence-corrected chi connectivity index (χ1v) is 20.2. The van der Waals surface area contributed by atoms with E-state index in [9.17, 15) is 0 Å². The van der Waals surface area contributed by atoms with Crippen molar-refractivity contribution in [2.24, 2.45) is 0 Å². The summed E-state index contributed by atoms with van der Waals surface area (Å²) in [5, 5.41) is 0. The fourth-order valence-corrected chi connectivity index (χ4v) is 7.97. The van der Waals surface area contributed by atoms with E-state index in [-0.39, 0.29) is 30.9 Å². The second kappa shape index (κ2) is 18.4. The maximum Gasteiger partial charge on any atom is 3.00 e. The van der Waals surface area contributed by atoms with Crippen molar-refractivity contribution in [3.05, 3.63) is 222 Å². The predicted octanol–water partition coefficient (Wildman–Crippen LogP) is 12.8. The van der Waals surface area contributed by atoms with Crippen molar-refractivity contribution in [1.29, 1.82) is 0 Å². The van der Waals surface area contributed by atoms with E-state index in [1.54, 1.807) is 0 Å². The van der Waals surface area contributed by atoms with Gasteiger partial charge < -0.3 is 15.0 Å². The minimum atomic E-state index is -0.139. The summed E-state index contributed by atoms with van der Waals surface area (Å²) in [6.45, 7) is 9.32. The van der Waals surface area contributed by atoms with E-state index < -0.39 is 0 Å². The molecule has 4 heteroatoms. The summed E-state index contributed by atoms with van der Waals surface area (Å²) < 4.78 is 0. The zero-order valence-electron chi connectivity index (χ0n) is 34.2. The molecular weight excluding hydrogens is 895 g/mol. The van der Waals surface area contributed by atoms with Gasteiger partial charge in [-0.2, -0.15) is 0 Å². The van der Waals surface area contributed by atoms with Gasteiger partial charge >= 0.3 is 20.1 Å². The average Bonchev–Trinajstić information content (AvgIpc) is 3.26. The molecule has 3 nitrogen and oxygen atoms in total. The van der Waals surface area contributed by atoms with Gasteiger partial charge in [0.25, 0.3) is 0 Å². The molecule has 3 heterocycles. The minimum Gasteiger partial charge on any atom is -0.304 e. The third-order valence-corrected chi connectivity index (χ3v) is 11.2. The second-order valence-corrected chi connectivity index (χ2v) is 16.6. The molecule has 8 rings (SSSR count). The standard InChI is InChI=1S/C55H48N3.Ir/c1-54(2,48-27-29-51(57-38-48)44-19-11-6-12-20-44)35-41-31-40(32-42(33-41)36-55(3,4)49-28-30-52(58-39-49)45-21-13-7-14-22-45)25-26-47-37-56-53(46-23-15-8-16-24-46)34-50(47)43-17-9-5-10-18-43;/h5-19,21,23,27-34,37-39H,25-26,35-36H2,1-4H3;/q-3;+3. The number of hydrogen-bond donors (Lipinski definition) is 0. The largest absolute Gasteiger partial charge is 3.00 e. The summed E-state index contributed by atoms with van der Waals surface area (Å²) in [6.07, 6.45) is 9.70. The number of hydrogen-bond acceptors (Lipinski definition) is 3. The van der Waals surface area contributed by atoms with E-state index in [0.717, 1.165) is 59.5 Å². The van der Waals surface area contributed by atoms with Crippen molar-refractivity contribution in [1.82, 2.24) is 15.0 Å². The van der Waals surface area contributed by atoms with Crippen LogP contribution in [0.3, 0.4) is 0 Å². The molecule has 0 aliphatic heterocycles. The van der Waals surface area contributed by atoms with Crippen molar-refractivity contribution in [3.63, 3.8) is 0 Å². The molecule has 0 aliphatic carbocycles. The van der Waals surface area contributed by atoms with Crippen molar-refractivity contribution in [3.8, 4) is 44.9 Å². The monoisotopic (exact) mass is 943 g/mol. The van der Waals surface area contributed by atoms with Gasteiger partial charge in [0.1, 0.15) is 0 Å². The second-order valence-electron chi connectivity index (χ2n) is 16.6. The summed E-state index contributed by atoms with van der Waals surface area (Å²) in [7, 11) is 0. The molecule has 0 amide bonds. The predicted molar refractivity (Wildman–Crippen MR) is 238 cm³/mol. The topological polar surface area (TPSA) is 38.7 Å². The molecule has 0 saturated carbocycles. The Morgan fingerprint density at radius 1 is 0.441 bits per heavy atom. The van der Waals surface area contributed by atoms with E-state index in [2.05, 4.69) is 149 Å². The van der Waals surface area contributed by atoms with Gasteiger partial charge in [0, 0.05) is 18.6 Å². The van der Waals surface area contributed by atoms with Crippen molar-refractivity contribution in [2.75, 3.05) is 0 Å². The van der Waals surface area contributed by atoms with Crippen LogP contribution >= 0.6 is 0 Å². The summed E-state index contributed by atoms with van der Waals surface area (Å²) in [6, 6.07) is 63.0. The van der Waals surface area contributed by atoms with Gasteiger partial charge in [0.2, 0.25) is 0 Å². The number of aryl methyl sites for hydroxylation is 2. The molecule has 292 valence electrons. The Hall–Kier alpha value is -5.80. The molecule has 0 atom stereocenters. The zero-order valence-corrected chi connectivity index (χ0v) is 36.6. The Balaban J connectivity index is 0.00000528. The number of rotatable bonds is 13. The van der Waals surface area contributed by atoms with Crippen LogP contribution in [0.2, 0.25) is 0 Å². The molecular formula is C55H48IrN3. The maximum atomic E-state index is 4.95. The molecule has 0 N–H and O–H groups in total. The van der Waals surface area contributed by atoms with E-state index in [1.165, 1.54) is 44.5 Å². The Morgan fingerprint density at radius 2 is 0.898 bits per heavy atom. The molecule has 5 aromatic carbocycles. The normalized spacial score (nSPS) is 11.5. The van der Waals surface area contributed by atoms with E-state index in [1.807, 2.05) is 67.0 Å². The van der Waals surface area contributed by atoms with Crippen LogP contribution in [0, 0.1) is 18.2 Å². The minimum absolute atomic E-state index is 0. The fraction of sp³-hybridized carbons (Fsp3) is 0.182. The molecule has 0 radical (unpaired) electrons. The van der Waals surface area contributed by atoms with E-state index >= 15 is 0 Å². The van der Waals surface area contributed by atoms with Crippen LogP contribution in [-0.4, -0.2) is 15.0 Å². The Morgan fingerprint density at radius 3 is 1.36 bits per heavy atom. The van der Waals surface area contributed by atoms with Crippen molar-refractivity contribution >= 4 is 0 Å². The quantitative estimate of drug-likeness (QED) is 0.108. The number of pyridine rings is 3. The van der Waals surface area contributed by atoms with Crippen LogP contribution in [0.1, 0.15) is 61.1 Å².